The average Bonchev–Trinajstić information content (AvgIpc) is 4.11. The van der Waals surface area contributed by atoms with Gasteiger partial charge in [0.05, 0.1) is 27.8 Å². The van der Waals surface area contributed by atoms with Crippen molar-refractivity contribution < 1.29 is 0 Å². The number of rotatable bonds is 2. The molecule has 2 aliphatic heterocycles. The molecule has 4 bridgehead atoms. The highest BCUT2D eigenvalue weighted by Gasteiger charge is 2.58. The first-order chi connectivity index (χ1) is 35.1. The fraction of sp³-hybridized carbons (Fsp3) is 0.239. The molecule has 0 saturated heterocycles. The molecule has 8 aromatic carbocycles. The number of aryl methyl sites for hydroxylation is 6. The lowest BCUT2D eigenvalue weighted by Crippen LogP contribution is -2.54. The van der Waals surface area contributed by atoms with Crippen LogP contribution in [-0.4, -0.2) is 20.7 Å². The van der Waals surface area contributed by atoms with E-state index in [4.69, 9.17) is 0 Å². The SMILES string of the molecule is Cc1cc(C)c(-c2ccc3c(c2)c2cc(-c4c(C)cc(C)cc4C)cc4c2n3-c2cc3c(c5c2B4n2c(=O)c4c(n2-5)C2CC5CC(CC4C5)C2)C2(c4ccccc4-c4ccccc42)c2ccccc2-3)c(C)c1. The van der Waals surface area contributed by atoms with E-state index in [1.807, 2.05) is 0 Å². The number of aromatic nitrogens is 3. The van der Waals surface area contributed by atoms with Crippen LogP contribution in [0.1, 0.15) is 111 Å². The lowest BCUT2D eigenvalue weighted by Gasteiger charge is -2.38. The molecule has 5 heteroatoms. The van der Waals surface area contributed by atoms with E-state index in [0.29, 0.717) is 23.7 Å². The smallest absolute Gasteiger partial charge is 0.310 e. The molecule has 346 valence electrons. The van der Waals surface area contributed by atoms with E-state index in [2.05, 4.69) is 189 Å². The Bertz CT molecular complexity index is 4180. The van der Waals surface area contributed by atoms with Gasteiger partial charge in [0.15, 0.2) is 0 Å². The van der Waals surface area contributed by atoms with Crippen molar-refractivity contribution in [2.45, 2.75) is 90.9 Å². The zero-order valence-corrected chi connectivity index (χ0v) is 41.9. The van der Waals surface area contributed by atoms with Crippen molar-refractivity contribution in [2.75, 3.05) is 0 Å². The number of fused-ring (bicyclic) bond motifs is 19. The second kappa shape index (κ2) is 13.4. The van der Waals surface area contributed by atoms with Gasteiger partial charge in [-0.25, -0.2) is 0 Å². The highest BCUT2D eigenvalue weighted by atomic mass is 16.1. The van der Waals surface area contributed by atoms with Crippen LogP contribution >= 0.6 is 0 Å². The van der Waals surface area contributed by atoms with Gasteiger partial charge in [-0.3, -0.25) is 14.1 Å². The molecule has 2 atom stereocenters. The molecule has 2 fully saturated rings. The third kappa shape index (κ3) is 4.63. The molecular weight excluding hydrogens is 874 g/mol. The van der Waals surface area contributed by atoms with Crippen molar-refractivity contribution in [1.82, 2.24) is 13.8 Å². The topological polar surface area (TPSA) is 31.9 Å². The van der Waals surface area contributed by atoms with Crippen molar-refractivity contribution >= 4 is 39.6 Å². The third-order valence-electron chi connectivity index (χ3n) is 19.4. The van der Waals surface area contributed by atoms with Gasteiger partial charge in [0.1, 0.15) is 0 Å². The molecule has 0 radical (unpaired) electrons. The second-order valence-electron chi connectivity index (χ2n) is 23.5. The van der Waals surface area contributed by atoms with E-state index in [9.17, 15) is 0 Å². The second-order valence-corrected chi connectivity index (χ2v) is 23.5. The molecular formula is C67H54BN3O. The molecule has 4 heterocycles. The van der Waals surface area contributed by atoms with E-state index in [0.717, 1.165) is 18.4 Å². The van der Waals surface area contributed by atoms with Crippen molar-refractivity contribution in [1.29, 1.82) is 0 Å². The van der Waals surface area contributed by atoms with Gasteiger partial charge in [0.25, 0.3) is 5.56 Å². The molecule has 1 spiro atoms. The molecule has 0 amide bonds. The zero-order chi connectivity index (χ0) is 48.0. The van der Waals surface area contributed by atoms with E-state index in [1.165, 1.54) is 169 Å². The molecule has 2 unspecified atom stereocenters. The van der Waals surface area contributed by atoms with Crippen molar-refractivity contribution in [2.24, 2.45) is 11.8 Å². The summed E-state index contributed by atoms with van der Waals surface area (Å²) in [6.45, 7) is 13.2. The molecule has 2 aromatic heterocycles. The maximum Gasteiger partial charge on any atom is 0.357 e. The normalized spacial score (nSPS) is 20.2. The predicted octanol–water partition coefficient (Wildman–Crippen LogP) is 13.9. The van der Waals surface area contributed by atoms with Crippen LogP contribution in [0.3, 0.4) is 0 Å². The van der Waals surface area contributed by atoms with E-state index in [-0.39, 0.29) is 12.4 Å². The van der Waals surface area contributed by atoms with Crippen LogP contribution in [0.5, 0.6) is 0 Å². The molecule has 72 heavy (non-hydrogen) atoms. The van der Waals surface area contributed by atoms with Gasteiger partial charge in [-0.2, -0.15) is 0 Å². The summed E-state index contributed by atoms with van der Waals surface area (Å²) in [6.07, 6.45) is 5.98. The number of hydrogen-bond acceptors (Lipinski definition) is 1. The van der Waals surface area contributed by atoms with Crippen molar-refractivity contribution in [3.63, 3.8) is 0 Å². The average molecular weight is 928 g/mol. The van der Waals surface area contributed by atoms with Crippen LogP contribution in [-0.2, 0) is 5.41 Å². The van der Waals surface area contributed by atoms with Gasteiger partial charge in [-0.15, -0.1) is 0 Å². The maximum absolute atomic E-state index is 16.5. The van der Waals surface area contributed by atoms with Crippen molar-refractivity contribution in [3.05, 3.63) is 211 Å². The quantitative estimate of drug-likeness (QED) is 0.159. The first kappa shape index (κ1) is 40.3. The summed E-state index contributed by atoms with van der Waals surface area (Å²) >= 11 is 0. The summed E-state index contributed by atoms with van der Waals surface area (Å²) in [5.74, 6) is 2.04. The van der Waals surface area contributed by atoms with Gasteiger partial charge < -0.3 is 4.57 Å². The van der Waals surface area contributed by atoms with Gasteiger partial charge in [-0.05, 0) is 205 Å². The Hall–Kier alpha value is -7.37. The van der Waals surface area contributed by atoms with Crippen LogP contribution in [0, 0.1) is 53.4 Å². The van der Waals surface area contributed by atoms with Crippen LogP contribution in [0.4, 0.5) is 0 Å². The molecule has 2 saturated carbocycles. The van der Waals surface area contributed by atoms with Gasteiger partial charge in [0, 0.05) is 39.0 Å². The monoisotopic (exact) mass is 927 g/mol. The first-order valence-electron chi connectivity index (χ1n) is 26.8. The maximum atomic E-state index is 16.5. The lowest BCUT2D eigenvalue weighted by molar-refractivity contribution is 0.163. The molecule has 4 nitrogen and oxygen atoms in total. The van der Waals surface area contributed by atoms with E-state index < -0.39 is 5.41 Å². The fourth-order valence-corrected chi connectivity index (χ4v) is 17.6. The Kier molecular flexibility index (Phi) is 7.48. The summed E-state index contributed by atoms with van der Waals surface area (Å²) in [5, 5.41) is 2.50. The van der Waals surface area contributed by atoms with Crippen molar-refractivity contribution in [3.8, 4) is 55.9 Å². The van der Waals surface area contributed by atoms with Gasteiger partial charge >= 0.3 is 6.85 Å². The standard InChI is InChI=1S/C67H54BN3O/c1-34-21-36(3)58(37(4)22-34)42-19-20-56-49(30-42)51-31-44(59-38(5)23-35(2)24-39(59)6)32-55-64(51)69(56)57-33-50-48-15-9-12-18-54(48)67(52-16-10-7-13-46(52)47-14-8-11-17-53(47)67)61(50)65-62(57)68(55)71-66(72)60-43-26-40-25-41(27-43)29-45(28-40)63(60)70(65)71/h7-24,30-33,40-41,43,45H,25-29H2,1-6H3. The highest BCUT2D eigenvalue weighted by Crippen LogP contribution is 2.65. The van der Waals surface area contributed by atoms with E-state index >= 15 is 4.79 Å². The highest BCUT2D eigenvalue weighted by molar-refractivity contribution is 6.88. The molecule has 18 rings (SSSR count). The summed E-state index contributed by atoms with van der Waals surface area (Å²) in [6, 6.07) is 52.0. The molecule has 8 aliphatic rings. The van der Waals surface area contributed by atoms with Crippen LogP contribution < -0.4 is 16.5 Å². The molecule has 10 aromatic rings. The number of nitrogens with zero attached hydrogens (tertiary/aromatic N) is 3. The minimum Gasteiger partial charge on any atom is -0.310 e. The number of hydrogen-bond donors (Lipinski definition) is 0. The van der Waals surface area contributed by atoms with E-state index in [1.54, 1.807) is 0 Å². The van der Waals surface area contributed by atoms with Crippen LogP contribution in [0.25, 0.3) is 77.7 Å². The van der Waals surface area contributed by atoms with Crippen LogP contribution in [0.2, 0.25) is 0 Å². The van der Waals surface area contributed by atoms with Gasteiger partial charge in [-0.1, -0.05) is 120 Å². The molecule has 0 N–H and O–H groups in total. The Balaban J connectivity index is 1.08. The summed E-state index contributed by atoms with van der Waals surface area (Å²) in [5.41, 5.74) is 33.0. The lowest BCUT2D eigenvalue weighted by atomic mass is 9.48. The minimum atomic E-state index is -0.580. The third-order valence-corrected chi connectivity index (χ3v) is 19.4. The predicted molar refractivity (Wildman–Crippen MR) is 296 cm³/mol. The van der Waals surface area contributed by atoms with Gasteiger partial charge in [0.2, 0.25) is 0 Å². The molecule has 6 aliphatic carbocycles. The Morgan fingerprint density at radius 3 is 1.69 bits per heavy atom. The Morgan fingerprint density at radius 2 is 1.08 bits per heavy atom. The zero-order valence-electron chi connectivity index (χ0n) is 41.9. The first-order valence-corrected chi connectivity index (χ1v) is 26.8. The summed E-state index contributed by atoms with van der Waals surface area (Å²) in [4.78, 5) is 16.5. The summed E-state index contributed by atoms with van der Waals surface area (Å²) in [7, 11) is 0. The van der Waals surface area contributed by atoms with Crippen LogP contribution in [0.15, 0.2) is 138 Å². The largest absolute Gasteiger partial charge is 0.357 e. The number of benzene rings is 8. The fourth-order valence-electron chi connectivity index (χ4n) is 17.6. The Morgan fingerprint density at radius 1 is 0.542 bits per heavy atom. The summed E-state index contributed by atoms with van der Waals surface area (Å²) < 4.78 is 7.60. The Labute approximate surface area is 420 Å². The minimum absolute atomic E-state index is 0.249.